The molecule has 0 aliphatic carbocycles. The number of hydrogen-bond acceptors (Lipinski definition) is 3. The van der Waals surface area contributed by atoms with Crippen LogP contribution in [0.2, 0.25) is 0 Å². The van der Waals surface area contributed by atoms with E-state index in [4.69, 9.17) is 5.73 Å². The SMILES string of the molecule is CC(C)NC1CCN(C(C)(C)CC(N)=O)C1=O. The predicted octanol–water partition coefficient (Wildman–Crippen LogP) is 0.239. The van der Waals surface area contributed by atoms with Crippen molar-refractivity contribution < 1.29 is 9.59 Å². The first-order chi connectivity index (χ1) is 7.74. The molecule has 1 fully saturated rings. The van der Waals surface area contributed by atoms with E-state index in [2.05, 4.69) is 5.32 Å². The molecule has 0 aromatic heterocycles. The summed E-state index contributed by atoms with van der Waals surface area (Å²) in [4.78, 5) is 24.9. The van der Waals surface area contributed by atoms with Gasteiger partial charge >= 0.3 is 0 Å². The Labute approximate surface area is 103 Å². The average molecular weight is 241 g/mol. The van der Waals surface area contributed by atoms with E-state index in [0.29, 0.717) is 6.54 Å². The number of rotatable bonds is 5. The highest BCUT2D eigenvalue weighted by Crippen LogP contribution is 2.25. The smallest absolute Gasteiger partial charge is 0.240 e. The Morgan fingerprint density at radius 2 is 2.18 bits per heavy atom. The van der Waals surface area contributed by atoms with Gasteiger partial charge in [-0.1, -0.05) is 13.8 Å². The summed E-state index contributed by atoms with van der Waals surface area (Å²) in [6, 6.07) is 0.158. The Hall–Kier alpha value is -1.10. The molecular weight excluding hydrogens is 218 g/mol. The van der Waals surface area contributed by atoms with Gasteiger partial charge in [0.15, 0.2) is 0 Å². The summed E-state index contributed by atoms with van der Waals surface area (Å²) >= 11 is 0. The fraction of sp³-hybridized carbons (Fsp3) is 0.833. The number of primary amides is 1. The standard InChI is InChI=1S/C12H23N3O2/c1-8(2)14-9-5-6-15(11(9)17)12(3,4)7-10(13)16/h8-9,14H,5-7H2,1-4H3,(H2,13,16). The fourth-order valence-corrected chi connectivity index (χ4v) is 2.36. The van der Waals surface area contributed by atoms with Crippen molar-refractivity contribution in [3.63, 3.8) is 0 Å². The molecule has 1 heterocycles. The van der Waals surface area contributed by atoms with Gasteiger partial charge in [0.25, 0.3) is 0 Å². The van der Waals surface area contributed by atoms with Gasteiger partial charge in [0.1, 0.15) is 0 Å². The Morgan fingerprint density at radius 3 is 2.65 bits per heavy atom. The molecule has 1 aliphatic rings. The van der Waals surface area contributed by atoms with Gasteiger partial charge in [0, 0.05) is 24.5 Å². The minimum atomic E-state index is -0.490. The molecule has 0 aromatic carbocycles. The number of nitrogens with two attached hydrogens (primary N) is 1. The monoisotopic (exact) mass is 241 g/mol. The van der Waals surface area contributed by atoms with Crippen molar-refractivity contribution in [2.24, 2.45) is 5.73 Å². The molecule has 0 radical (unpaired) electrons. The molecule has 17 heavy (non-hydrogen) atoms. The minimum Gasteiger partial charge on any atom is -0.370 e. The van der Waals surface area contributed by atoms with Crippen LogP contribution in [-0.2, 0) is 9.59 Å². The van der Waals surface area contributed by atoms with E-state index in [1.807, 2.05) is 27.7 Å². The van der Waals surface area contributed by atoms with Crippen molar-refractivity contribution in [1.29, 1.82) is 0 Å². The summed E-state index contributed by atoms with van der Waals surface area (Å²) < 4.78 is 0. The summed E-state index contributed by atoms with van der Waals surface area (Å²) in [5.41, 5.74) is 4.72. The molecule has 5 nitrogen and oxygen atoms in total. The van der Waals surface area contributed by atoms with E-state index in [-0.39, 0.29) is 30.3 Å². The molecule has 1 unspecified atom stereocenters. The highest BCUT2D eigenvalue weighted by molar-refractivity contribution is 5.85. The molecule has 1 saturated heterocycles. The summed E-state index contributed by atoms with van der Waals surface area (Å²) in [7, 11) is 0. The Morgan fingerprint density at radius 1 is 1.59 bits per heavy atom. The number of carbonyl (C=O) groups is 2. The van der Waals surface area contributed by atoms with E-state index < -0.39 is 5.54 Å². The van der Waals surface area contributed by atoms with E-state index >= 15 is 0 Å². The second-order valence-corrected chi connectivity index (χ2v) is 5.61. The first kappa shape index (κ1) is 14.0. The third kappa shape index (κ3) is 3.43. The van der Waals surface area contributed by atoms with E-state index in [1.165, 1.54) is 0 Å². The third-order valence-corrected chi connectivity index (χ3v) is 3.08. The van der Waals surface area contributed by atoms with Gasteiger partial charge < -0.3 is 16.0 Å². The second kappa shape index (κ2) is 5.04. The first-order valence-electron chi connectivity index (χ1n) is 6.10. The molecule has 98 valence electrons. The van der Waals surface area contributed by atoms with Crippen molar-refractivity contribution in [1.82, 2.24) is 10.2 Å². The van der Waals surface area contributed by atoms with Crippen LogP contribution in [0.1, 0.15) is 40.5 Å². The van der Waals surface area contributed by atoms with Gasteiger partial charge in [-0.3, -0.25) is 9.59 Å². The highest BCUT2D eigenvalue weighted by atomic mass is 16.2. The zero-order chi connectivity index (χ0) is 13.2. The maximum atomic E-state index is 12.2. The number of carbonyl (C=O) groups excluding carboxylic acids is 2. The maximum Gasteiger partial charge on any atom is 0.240 e. The molecule has 0 bridgehead atoms. The summed E-state index contributed by atoms with van der Waals surface area (Å²) in [5, 5.41) is 3.24. The van der Waals surface area contributed by atoms with Crippen LogP contribution in [0.25, 0.3) is 0 Å². The van der Waals surface area contributed by atoms with Crippen molar-refractivity contribution in [3.05, 3.63) is 0 Å². The van der Waals surface area contributed by atoms with Crippen LogP contribution < -0.4 is 11.1 Å². The summed E-state index contributed by atoms with van der Waals surface area (Å²) in [5.74, 6) is -0.298. The third-order valence-electron chi connectivity index (χ3n) is 3.08. The molecule has 0 saturated carbocycles. The van der Waals surface area contributed by atoms with Crippen LogP contribution in [0, 0.1) is 0 Å². The van der Waals surface area contributed by atoms with Crippen LogP contribution in [-0.4, -0.2) is 40.9 Å². The Kier molecular flexibility index (Phi) is 4.14. The minimum absolute atomic E-state index is 0.0740. The number of nitrogens with one attached hydrogen (secondary N) is 1. The molecule has 1 aliphatic heterocycles. The van der Waals surface area contributed by atoms with E-state index in [1.54, 1.807) is 4.90 Å². The fourth-order valence-electron chi connectivity index (χ4n) is 2.36. The molecular formula is C12H23N3O2. The van der Waals surface area contributed by atoms with Crippen LogP contribution in [0.3, 0.4) is 0 Å². The lowest BCUT2D eigenvalue weighted by molar-refractivity contribution is -0.135. The highest BCUT2D eigenvalue weighted by Gasteiger charge is 2.40. The molecule has 5 heteroatoms. The normalized spacial score (nSPS) is 21.4. The molecule has 0 spiro atoms. The van der Waals surface area contributed by atoms with Gasteiger partial charge in [-0.25, -0.2) is 0 Å². The van der Waals surface area contributed by atoms with Crippen LogP contribution in [0.5, 0.6) is 0 Å². The van der Waals surface area contributed by atoms with E-state index in [0.717, 1.165) is 6.42 Å². The number of nitrogens with zero attached hydrogens (tertiary/aromatic N) is 1. The molecule has 0 aromatic rings. The average Bonchev–Trinajstić information content (AvgIpc) is 2.45. The lowest BCUT2D eigenvalue weighted by Crippen LogP contribution is -2.50. The van der Waals surface area contributed by atoms with Crippen LogP contribution in [0.15, 0.2) is 0 Å². The second-order valence-electron chi connectivity index (χ2n) is 5.61. The van der Waals surface area contributed by atoms with Crippen molar-refractivity contribution >= 4 is 11.8 Å². The van der Waals surface area contributed by atoms with Gasteiger partial charge in [-0.05, 0) is 20.3 Å². The molecule has 2 amide bonds. The van der Waals surface area contributed by atoms with Crippen LogP contribution >= 0.6 is 0 Å². The predicted molar refractivity (Wildman–Crippen MR) is 66.3 cm³/mol. The van der Waals surface area contributed by atoms with Crippen molar-refractivity contribution in [3.8, 4) is 0 Å². The van der Waals surface area contributed by atoms with Gasteiger partial charge in [-0.2, -0.15) is 0 Å². The van der Waals surface area contributed by atoms with Gasteiger partial charge in [-0.15, -0.1) is 0 Å². The molecule has 1 atom stereocenters. The number of likely N-dealkylation sites (tertiary alicyclic amines) is 1. The zero-order valence-electron chi connectivity index (χ0n) is 11.1. The van der Waals surface area contributed by atoms with Gasteiger partial charge in [0.05, 0.1) is 6.04 Å². The lowest BCUT2D eigenvalue weighted by atomic mass is 9.98. The first-order valence-corrected chi connectivity index (χ1v) is 6.10. The Balaban J connectivity index is 2.69. The van der Waals surface area contributed by atoms with E-state index in [9.17, 15) is 9.59 Å². The Bertz CT molecular complexity index is 313. The quantitative estimate of drug-likeness (QED) is 0.724. The summed E-state index contributed by atoms with van der Waals surface area (Å²) in [6.07, 6.45) is 0.992. The maximum absolute atomic E-state index is 12.2. The number of amides is 2. The molecule has 1 rings (SSSR count). The topological polar surface area (TPSA) is 75.4 Å². The lowest BCUT2D eigenvalue weighted by Gasteiger charge is -2.35. The van der Waals surface area contributed by atoms with Gasteiger partial charge in [0.2, 0.25) is 11.8 Å². The summed E-state index contributed by atoms with van der Waals surface area (Å²) in [6.45, 7) is 8.49. The molecule has 3 N–H and O–H groups in total. The van der Waals surface area contributed by atoms with Crippen molar-refractivity contribution in [2.75, 3.05) is 6.54 Å². The zero-order valence-corrected chi connectivity index (χ0v) is 11.1. The van der Waals surface area contributed by atoms with Crippen LogP contribution in [0.4, 0.5) is 0 Å². The number of hydrogen-bond donors (Lipinski definition) is 2. The largest absolute Gasteiger partial charge is 0.370 e. The van der Waals surface area contributed by atoms with Crippen molar-refractivity contribution in [2.45, 2.75) is 58.2 Å².